The molecule has 160 valence electrons. The smallest absolute Gasteiger partial charge is 0.354 e. The van der Waals surface area contributed by atoms with E-state index in [1.165, 1.54) is 6.92 Å². The lowest BCUT2D eigenvalue weighted by Gasteiger charge is -2.24. The number of carbonyl (C=O) groups excluding carboxylic acids is 2. The van der Waals surface area contributed by atoms with Crippen LogP contribution in [0.5, 0.6) is 0 Å². The molecule has 10 heteroatoms. The Bertz CT molecular complexity index is 935. The number of benzene rings is 1. The highest BCUT2D eigenvalue weighted by Crippen LogP contribution is 2.33. The van der Waals surface area contributed by atoms with Gasteiger partial charge < -0.3 is 15.1 Å². The van der Waals surface area contributed by atoms with Crippen LogP contribution >= 0.6 is 11.6 Å². The average Bonchev–Trinajstić information content (AvgIpc) is 2.93. The summed E-state index contributed by atoms with van der Waals surface area (Å²) in [5, 5.41) is 2.57. The van der Waals surface area contributed by atoms with Crippen molar-refractivity contribution in [2.45, 2.75) is 19.5 Å². The summed E-state index contributed by atoms with van der Waals surface area (Å²) in [4.78, 5) is 31.3. The van der Waals surface area contributed by atoms with Crippen molar-refractivity contribution in [2.75, 3.05) is 36.4 Å². The molecular formula is C20H20ClF3N4O2. The van der Waals surface area contributed by atoms with E-state index in [4.69, 9.17) is 11.6 Å². The number of nitrogens with zero attached hydrogens (tertiary/aromatic N) is 3. The molecule has 1 aromatic heterocycles. The molecule has 1 aliphatic heterocycles. The number of nitrogens with one attached hydrogen (secondary N) is 1. The number of pyridine rings is 1. The number of rotatable bonds is 3. The Balaban J connectivity index is 1.67. The molecule has 3 rings (SSSR count). The number of aromatic nitrogens is 1. The maximum absolute atomic E-state index is 12.8. The number of carbonyl (C=O) groups is 2. The molecule has 0 unspecified atom stereocenters. The molecule has 0 bridgehead atoms. The fourth-order valence-electron chi connectivity index (χ4n) is 3.23. The summed E-state index contributed by atoms with van der Waals surface area (Å²) in [5.74, 6) is -0.0754. The molecular weight excluding hydrogens is 421 g/mol. The van der Waals surface area contributed by atoms with Gasteiger partial charge in [-0.25, -0.2) is 4.98 Å². The summed E-state index contributed by atoms with van der Waals surface area (Å²) in [6.45, 7) is 3.20. The fourth-order valence-corrected chi connectivity index (χ4v) is 3.52. The number of anilines is 2. The number of hydrogen-bond donors (Lipinski definition) is 1. The van der Waals surface area contributed by atoms with Crippen molar-refractivity contribution in [1.29, 1.82) is 0 Å². The first-order chi connectivity index (χ1) is 14.1. The van der Waals surface area contributed by atoms with E-state index in [9.17, 15) is 22.8 Å². The maximum atomic E-state index is 12.8. The van der Waals surface area contributed by atoms with Crippen LogP contribution in [0.2, 0.25) is 5.02 Å². The molecule has 0 saturated carbocycles. The van der Waals surface area contributed by atoms with Gasteiger partial charge in [0.15, 0.2) is 0 Å². The van der Waals surface area contributed by atoms with Crippen molar-refractivity contribution in [3.63, 3.8) is 0 Å². The molecule has 1 fully saturated rings. The van der Waals surface area contributed by atoms with Gasteiger partial charge in [-0.05, 0) is 36.8 Å². The third-order valence-electron chi connectivity index (χ3n) is 4.68. The minimum atomic E-state index is -4.51. The van der Waals surface area contributed by atoms with Gasteiger partial charge in [0, 0.05) is 50.6 Å². The summed E-state index contributed by atoms with van der Waals surface area (Å²) in [6, 6.07) is 7.47. The summed E-state index contributed by atoms with van der Waals surface area (Å²) < 4.78 is 38.5. The van der Waals surface area contributed by atoms with Crippen molar-refractivity contribution in [3.05, 3.63) is 52.7 Å². The van der Waals surface area contributed by atoms with Gasteiger partial charge in [0.2, 0.25) is 5.91 Å². The molecule has 0 radical (unpaired) electrons. The second kappa shape index (κ2) is 8.91. The van der Waals surface area contributed by atoms with Gasteiger partial charge >= 0.3 is 6.18 Å². The van der Waals surface area contributed by atoms with E-state index < -0.39 is 11.7 Å². The normalized spacial score (nSPS) is 15.0. The highest BCUT2D eigenvalue weighted by Gasteiger charge is 2.32. The molecule has 2 heterocycles. The summed E-state index contributed by atoms with van der Waals surface area (Å²) in [5.41, 5.74) is 0.193. The van der Waals surface area contributed by atoms with Crippen LogP contribution in [0.3, 0.4) is 0 Å². The third-order valence-corrected chi connectivity index (χ3v) is 4.96. The van der Waals surface area contributed by atoms with E-state index in [-0.39, 0.29) is 22.7 Å². The molecule has 0 aliphatic carbocycles. The Hall–Kier alpha value is -2.81. The molecule has 0 spiro atoms. The van der Waals surface area contributed by atoms with Crippen LogP contribution in [0.25, 0.3) is 0 Å². The molecule has 0 atom stereocenters. The third kappa shape index (κ3) is 5.21. The molecule has 1 aromatic carbocycles. The van der Waals surface area contributed by atoms with Gasteiger partial charge in [0.1, 0.15) is 5.82 Å². The second-order valence-corrected chi connectivity index (χ2v) is 7.33. The van der Waals surface area contributed by atoms with E-state index in [0.29, 0.717) is 43.9 Å². The molecule has 2 aromatic rings. The first kappa shape index (κ1) is 21.9. The van der Waals surface area contributed by atoms with Crippen LogP contribution in [0.1, 0.15) is 29.3 Å². The van der Waals surface area contributed by atoms with Crippen LogP contribution in [0, 0.1) is 0 Å². The standard InChI is InChI=1S/C20H20ClF3N4O2/c1-13(29)26-16-5-3-14(4-6-16)19(30)28-8-2-7-27(9-10-28)18-17(21)11-15(12-25-18)20(22,23)24/h3-6,11-12H,2,7-10H2,1H3,(H,26,29). The van der Waals surface area contributed by atoms with Crippen LogP contribution < -0.4 is 10.2 Å². The van der Waals surface area contributed by atoms with Gasteiger partial charge in [-0.1, -0.05) is 11.6 Å². The zero-order chi connectivity index (χ0) is 21.9. The number of halogens is 4. The van der Waals surface area contributed by atoms with Crippen molar-refractivity contribution in [3.8, 4) is 0 Å². The van der Waals surface area contributed by atoms with Crippen LogP contribution in [0.15, 0.2) is 36.5 Å². The predicted molar refractivity (Wildman–Crippen MR) is 108 cm³/mol. The fraction of sp³-hybridized carbons (Fsp3) is 0.350. The number of hydrogen-bond acceptors (Lipinski definition) is 4. The molecule has 1 aliphatic rings. The first-order valence-electron chi connectivity index (χ1n) is 9.30. The van der Waals surface area contributed by atoms with Crippen molar-refractivity contribution in [1.82, 2.24) is 9.88 Å². The SMILES string of the molecule is CC(=O)Nc1ccc(C(=O)N2CCCN(c3ncc(C(F)(F)F)cc3Cl)CC2)cc1. The van der Waals surface area contributed by atoms with E-state index in [1.807, 2.05) is 0 Å². The van der Waals surface area contributed by atoms with Crippen LogP contribution in [-0.4, -0.2) is 47.9 Å². The van der Waals surface area contributed by atoms with Gasteiger partial charge in [-0.2, -0.15) is 13.2 Å². The highest BCUT2D eigenvalue weighted by molar-refractivity contribution is 6.33. The van der Waals surface area contributed by atoms with Crippen LogP contribution in [0.4, 0.5) is 24.7 Å². The van der Waals surface area contributed by atoms with Gasteiger partial charge in [0.05, 0.1) is 10.6 Å². The van der Waals surface area contributed by atoms with Gasteiger partial charge in [-0.3, -0.25) is 9.59 Å². The molecule has 2 amide bonds. The maximum Gasteiger partial charge on any atom is 0.417 e. The monoisotopic (exact) mass is 440 g/mol. The van der Waals surface area contributed by atoms with Crippen LogP contribution in [-0.2, 0) is 11.0 Å². The molecule has 1 N–H and O–H groups in total. The van der Waals surface area contributed by atoms with Crippen molar-refractivity contribution >= 4 is 34.9 Å². The minimum absolute atomic E-state index is 0.0711. The Labute approximate surface area is 176 Å². The minimum Gasteiger partial charge on any atom is -0.354 e. The van der Waals surface area contributed by atoms with Crippen molar-refractivity contribution in [2.24, 2.45) is 0 Å². The zero-order valence-corrected chi connectivity index (χ0v) is 16.9. The Kier molecular flexibility index (Phi) is 6.50. The van der Waals surface area contributed by atoms with E-state index in [2.05, 4.69) is 10.3 Å². The number of alkyl halides is 3. The van der Waals surface area contributed by atoms with Gasteiger partial charge in [0.25, 0.3) is 5.91 Å². The lowest BCUT2D eigenvalue weighted by molar-refractivity contribution is -0.137. The summed E-state index contributed by atoms with van der Waals surface area (Å²) in [6.07, 6.45) is -3.12. The topological polar surface area (TPSA) is 65.5 Å². The van der Waals surface area contributed by atoms with E-state index >= 15 is 0 Å². The summed E-state index contributed by atoms with van der Waals surface area (Å²) in [7, 11) is 0. The van der Waals surface area contributed by atoms with Crippen molar-refractivity contribution < 1.29 is 22.8 Å². The largest absolute Gasteiger partial charge is 0.417 e. The van der Waals surface area contributed by atoms with E-state index in [1.54, 1.807) is 34.1 Å². The number of amides is 2. The average molecular weight is 441 g/mol. The zero-order valence-electron chi connectivity index (χ0n) is 16.2. The lowest BCUT2D eigenvalue weighted by Crippen LogP contribution is -2.35. The first-order valence-corrected chi connectivity index (χ1v) is 9.67. The summed E-state index contributed by atoms with van der Waals surface area (Å²) >= 11 is 6.05. The highest BCUT2D eigenvalue weighted by atomic mass is 35.5. The molecule has 1 saturated heterocycles. The molecule has 6 nitrogen and oxygen atoms in total. The Morgan fingerprint density at radius 1 is 1.10 bits per heavy atom. The Morgan fingerprint density at radius 3 is 2.40 bits per heavy atom. The second-order valence-electron chi connectivity index (χ2n) is 6.92. The Morgan fingerprint density at radius 2 is 1.80 bits per heavy atom. The van der Waals surface area contributed by atoms with E-state index in [0.717, 1.165) is 12.3 Å². The quantitative estimate of drug-likeness (QED) is 0.781. The predicted octanol–water partition coefficient (Wildman–Crippen LogP) is 4.06. The lowest BCUT2D eigenvalue weighted by atomic mass is 10.1. The molecule has 30 heavy (non-hydrogen) atoms. The van der Waals surface area contributed by atoms with Gasteiger partial charge in [-0.15, -0.1) is 0 Å².